The van der Waals surface area contributed by atoms with Crippen molar-refractivity contribution in [3.05, 3.63) is 100.0 Å². The number of carbonyl (C=O) groups excluding carboxylic acids is 1. The summed E-state index contributed by atoms with van der Waals surface area (Å²) < 4.78 is 48.3. The number of fused-ring (bicyclic) bond motifs is 2. The van der Waals surface area contributed by atoms with Crippen LogP contribution < -0.4 is 5.56 Å². The number of hydrogen-bond donors (Lipinski definition) is 0. The van der Waals surface area contributed by atoms with Crippen LogP contribution >= 0.6 is 0 Å². The number of hydrogen-bond acceptors (Lipinski definition) is 5. The van der Waals surface area contributed by atoms with Crippen molar-refractivity contribution in [3.63, 3.8) is 0 Å². The number of esters is 1. The fraction of sp³-hybridized carbons (Fsp3) is 0.172. The summed E-state index contributed by atoms with van der Waals surface area (Å²) in [7, 11) is 0. The van der Waals surface area contributed by atoms with Crippen molar-refractivity contribution in [2.45, 2.75) is 26.6 Å². The lowest BCUT2D eigenvalue weighted by molar-refractivity contribution is -0.143. The molecule has 0 atom stereocenters. The molecule has 0 fully saturated rings. The van der Waals surface area contributed by atoms with Crippen molar-refractivity contribution in [3.8, 4) is 11.4 Å². The molecule has 0 bridgehead atoms. The van der Waals surface area contributed by atoms with Crippen LogP contribution in [-0.2, 0) is 22.3 Å². The molecule has 2 aromatic heterocycles. The van der Waals surface area contributed by atoms with Crippen LogP contribution in [0.3, 0.4) is 0 Å². The molecule has 5 aromatic rings. The van der Waals surface area contributed by atoms with Crippen LogP contribution in [0.2, 0.25) is 0 Å². The van der Waals surface area contributed by atoms with Crippen LogP contribution in [0.1, 0.15) is 23.7 Å². The molecule has 0 aliphatic heterocycles. The molecular weight excluding hydrogens is 509 g/mol. The van der Waals surface area contributed by atoms with Crippen molar-refractivity contribution >= 4 is 34.0 Å². The lowest BCUT2D eigenvalue weighted by Crippen LogP contribution is -2.20. The van der Waals surface area contributed by atoms with Crippen molar-refractivity contribution in [1.29, 1.82) is 0 Å². The molecule has 39 heavy (non-hydrogen) atoms. The summed E-state index contributed by atoms with van der Waals surface area (Å²) >= 11 is 0. The molecule has 0 N–H and O–H groups in total. The molecule has 0 radical (unpaired) electrons. The van der Waals surface area contributed by atoms with Gasteiger partial charge in [0.05, 0.1) is 29.3 Å². The molecule has 0 unspecified atom stereocenters. The standard InChI is InChI=1S/C29H23F3N4O3/c1-3-39-26(37)17-35-18(2)23(21-11-5-7-14-25(21)35)16-33-36-27(19-9-8-10-20(15-19)29(30,31)32)34-24-13-6-4-12-22(24)28(36)38/h4-16H,3,17H2,1-2H3. The fourth-order valence-electron chi connectivity index (χ4n) is 4.53. The van der Waals surface area contributed by atoms with Gasteiger partial charge in [-0.3, -0.25) is 9.59 Å². The van der Waals surface area contributed by atoms with E-state index in [-0.39, 0.29) is 29.9 Å². The Morgan fingerprint density at radius 3 is 2.49 bits per heavy atom. The van der Waals surface area contributed by atoms with Gasteiger partial charge in [-0.1, -0.05) is 42.5 Å². The molecule has 0 aliphatic rings. The molecule has 0 saturated carbocycles. The minimum atomic E-state index is -4.57. The Morgan fingerprint density at radius 1 is 1.03 bits per heavy atom. The van der Waals surface area contributed by atoms with Gasteiger partial charge < -0.3 is 9.30 Å². The van der Waals surface area contributed by atoms with Crippen LogP contribution in [0.5, 0.6) is 0 Å². The zero-order chi connectivity index (χ0) is 27.7. The third kappa shape index (κ3) is 4.93. The first-order valence-corrected chi connectivity index (χ1v) is 12.2. The number of ether oxygens (including phenoxy) is 1. The predicted octanol–water partition coefficient (Wildman–Crippen LogP) is 5.79. The summed E-state index contributed by atoms with van der Waals surface area (Å²) in [6, 6.07) is 18.6. The van der Waals surface area contributed by atoms with Crippen LogP contribution in [0.4, 0.5) is 13.2 Å². The first-order chi connectivity index (χ1) is 18.7. The van der Waals surface area contributed by atoms with E-state index in [2.05, 4.69) is 10.1 Å². The van der Waals surface area contributed by atoms with E-state index in [9.17, 15) is 22.8 Å². The van der Waals surface area contributed by atoms with Gasteiger partial charge in [0, 0.05) is 27.7 Å². The van der Waals surface area contributed by atoms with Crippen molar-refractivity contribution in [2.24, 2.45) is 5.10 Å². The van der Waals surface area contributed by atoms with E-state index in [1.165, 1.54) is 18.3 Å². The second-order valence-electron chi connectivity index (χ2n) is 8.80. The van der Waals surface area contributed by atoms with Crippen LogP contribution in [-0.4, -0.2) is 33.0 Å². The van der Waals surface area contributed by atoms with Crippen molar-refractivity contribution in [1.82, 2.24) is 14.2 Å². The average molecular weight is 533 g/mol. The van der Waals surface area contributed by atoms with Crippen LogP contribution in [0.25, 0.3) is 33.2 Å². The van der Waals surface area contributed by atoms with E-state index >= 15 is 0 Å². The minimum Gasteiger partial charge on any atom is -0.465 e. The van der Waals surface area contributed by atoms with Gasteiger partial charge in [0.25, 0.3) is 5.56 Å². The van der Waals surface area contributed by atoms with Gasteiger partial charge >= 0.3 is 12.1 Å². The lowest BCUT2D eigenvalue weighted by atomic mass is 10.1. The predicted molar refractivity (Wildman–Crippen MR) is 143 cm³/mol. The number of rotatable bonds is 6. The highest BCUT2D eigenvalue weighted by Crippen LogP contribution is 2.32. The van der Waals surface area contributed by atoms with E-state index in [0.29, 0.717) is 16.8 Å². The van der Waals surface area contributed by atoms with E-state index in [0.717, 1.165) is 27.7 Å². The summed E-state index contributed by atoms with van der Waals surface area (Å²) in [6.45, 7) is 3.78. The molecular formula is C29H23F3N4O3. The minimum absolute atomic E-state index is 0.0129. The van der Waals surface area contributed by atoms with Gasteiger partial charge in [-0.25, -0.2) is 4.98 Å². The summed E-state index contributed by atoms with van der Waals surface area (Å²) in [5, 5.41) is 5.49. The van der Waals surface area contributed by atoms with Crippen LogP contribution in [0.15, 0.2) is 82.7 Å². The maximum atomic E-state index is 13.5. The zero-order valence-electron chi connectivity index (χ0n) is 21.1. The van der Waals surface area contributed by atoms with Gasteiger partial charge in [0.15, 0.2) is 5.82 Å². The number of para-hydroxylation sites is 2. The van der Waals surface area contributed by atoms with Crippen molar-refractivity contribution in [2.75, 3.05) is 6.61 Å². The third-order valence-electron chi connectivity index (χ3n) is 6.38. The van der Waals surface area contributed by atoms with E-state index < -0.39 is 23.3 Å². The van der Waals surface area contributed by atoms with E-state index in [1.807, 2.05) is 31.2 Å². The van der Waals surface area contributed by atoms with Gasteiger partial charge in [-0.05, 0) is 44.2 Å². The number of alkyl halides is 3. The number of aromatic nitrogens is 3. The number of nitrogens with zero attached hydrogens (tertiary/aromatic N) is 4. The Hall–Kier alpha value is -4.73. The third-order valence-corrected chi connectivity index (χ3v) is 6.38. The Kier molecular flexibility index (Phi) is 6.78. The molecule has 0 spiro atoms. The van der Waals surface area contributed by atoms with Crippen molar-refractivity contribution < 1.29 is 22.7 Å². The monoisotopic (exact) mass is 532 g/mol. The summed E-state index contributed by atoms with van der Waals surface area (Å²) in [6.07, 6.45) is -3.10. The topological polar surface area (TPSA) is 78.5 Å². The first kappa shape index (κ1) is 25.9. The quantitative estimate of drug-likeness (QED) is 0.205. The molecule has 3 aromatic carbocycles. The molecule has 5 rings (SSSR count). The molecule has 0 saturated heterocycles. The summed E-state index contributed by atoms with van der Waals surface area (Å²) in [4.78, 5) is 30.3. The fourth-order valence-corrected chi connectivity index (χ4v) is 4.53. The van der Waals surface area contributed by atoms with Crippen LogP contribution in [0, 0.1) is 6.92 Å². The SMILES string of the molecule is CCOC(=O)Cn1c(C)c(C=Nn2c(-c3cccc(C(F)(F)F)c3)nc3ccccc3c2=O)c2ccccc21. The number of halogens is 3. The summed E-state index contributed by atoms with van der Waals surface area (Å²) in [5.74, 6) is -0.430. The maximum Gasteiger partial charge on any atom is 0.416 e. The molecule has 7 nitrogen and oxygen atoms in total. The summed E-state index contributed by atoms with van der Waals surface area (Å²) in [5.41, 5.74) is 1.15. The second kappa shape index (κ2) is 10.2. The van der Waals surface area contributed by atoms with E-state index in [1.54, 1.807) is 35.8 Å². The normalized spacial score (nSPS) is 12.0. The van der Waals surface area contributed by atoms with Gasteiger partial charge in [0.2, 0.25) is 0 Å². The van der Waals surface area contributed by atoms with Gasteiger partial charge in [0.1, 0.15) is 6.54 Å². The highest BCUT2D eigenvalue weighted by molar-refractivity contribution is 6.01. The highest BCUT2D eigenvalue weighted by Gasteiger charge is 2.31. The highest BCUT2D eigenvalue weighted by atomic mass is 19.4. The van der Waals surface area contributed by atoms with Gasteiger partial charge in [-0.2, -0.15) is 22.9 Å². The zero-order valence-corrected chi connectivity index (χ0v) is 21.1. The maximum absolute atomic E-state index is 13.5. The smallest absolute Gasteiger partial charge is 0.416 e. The Labute approximate surface area is 220 Å². The first-order valence-electron chi connectivity index (χ1n) is 12.2. The second-order valence-corrected chi connectivity index (χ2v) is 8.80. The largest absolute Gasteiger partial charge is 0.465 e. The van der Waals surface area contributed by atoms with Gasteiger partial charge in [-0.15, -0.1) is 0 Å². The Bertz CT molecular complexity index is 1800. The molecule has 198 valence electrons. The Balaban J connectivity index is 1.70. The molecule has 10 heteroatoms. The number of benzene rings is 3. The molecule has 2 heterocycles. The Morgan fingerprint density at radius 2 is 1.74 bits per heavy atom. The molecule has 0 amide bonds. The average Bonchev–Trinajstić information content (AvgIpc) is 3.18. The van der Waals surface area contributed by atoms with E-state index in [4.69, 9.17) is 4.74 Å². The number of carbonyl (C=O) groups is 1. The lowest BCUT2D eigenvalue weighted by Gasteiger charge is -2.12. The molecule has 0 aliphatic carbocycles.